The van der Waals surface area contributed by atoms with Crippen molar-refractivity contribution in [1.29, 1.82) is 0 Å². The molecule has 9 heteroatoms. The van der Waals surface area contributed by atoms with Crippen molar-refractivity contribution in [2.45, 2.75) is 12.6 Å². The maximum atomic E-state index is 12.8. The molecule has 25 heavy (non-hydrogen) atoms. The fraction of sp³-hybridized carbons (Fsp3) is 0.500. The molecular formula is C16H18F4N2O3. The third-order valence-electron chi connectivity index (χ3n) is 3.83. The minimum absolute atomic E-state index is 0.0120. The van der Waals surface area contributed by atoms with E-state index in [4.69, 9.17) is 4.74 Å². The fourth-order valence-electron chi connectivity index (χ4n) is 2.46. The summed E-state index contributed by atoms with van der Waals surface area (Å²) in [5.41, 5.74) is 0.630. The molecule has 5 nitrogen and oxygen atoms in total. The second kappa shape index (κ2) is 8.28. The molecular weight excluding hydrogens is 344 g/mol. The van der Waals surface area contributed by atoms with E-state index in [9.17, 15) is 27.2 Å². The van der Waals surface area contributed by atoms with E-state index in [-0.39, 0.29) is 45.0 Å². The van der Waals surface area contributed by atoms with Crippen molar-refractivity contribution in [2.24, 2.45) is 0 Å². The Morgan fingerprint density at radius 1 is 1.04 bits per heavy atom. The summed E-state index contributed by atoms with van der Waals surface area (Å²) in [5.74, 6) is -2.67. The summed E-state index contributed by atoms with van der Waals surface area (Å²) >= 11 is 0. The molecule has 138 valence electrons. The highest BCUT2D eigenvalue weighted by atomic mass is 19.4. The Morgan fingerprint density at radius 2 is 1.64 bits per heavy atom. The molecule has 0 atom stereocenters. The third kappa shape index (κ3) is 6.00. The largest absolute Gasteiger partial charge is 0.471 e. The van der Waals surface area contributed by atoms with Crippen LogP contribution in [0.15, 0.2) is 24.3 Å². The van der Waals surface area contributed by atoms with Crippen LogP contribution in [-0.4, -0.2) is 67.2 Å². The van der Waals surface area contributed by atoms with Gasteiger partial charge in [0.1, 0.15) is 12.4 Å². The summed E-state index contributed by atoms with van der Waals surface area (Å²) in [6.07, 6.45) is -4.83. The summed E-state index contributed by atoms with van der Waals surface area (Å²) in [6.45, 7) is 1.04. The van der Waals surface area contributed by atoms with Crippen LogP contribution in [0, 0.1) is 5.82 Å². The van der Waals surface area contributed by atoms with Gasteiger partial charge in [0, 0.05) is 32.7 Å². The predicted molar refractivity (Wildman–Crippen MR) is 80.1 cm³/mol. The van der Waals surface area contributed by atoms with Gasteiger partial charge in [0.15, 0.2) is 0 Å². The number of benzene rings is 1. The van der Waals surface area contributed by atoms with Gasteiger partial charge in [0.2, 0.25) is 0 Å². The number of hydrogen-bond acceptors (Lipinski definition) is 4. The highest BCUT2D eigenvalue weighted by Gasteiger charge is 2.43. The lowest BCUT2D eigenvalue weighted by molar-refractivity contribution is -0.187. The number of nitrogens with zero attached hydrogens (tertiary/aromatic N) is 2. The molecule has 0 unspecified atom stereocenters. The fourth-order valence-corrected chi connectivity index (χ4v) is 2.46. The van der Waals surface area contributed by atoms with Crippen molar-refractivity contribution in [3.05, 3.63) is 35.6 Å². The Labute approximate surface area is 142 Å². The lowest BCUT2D eigenvalue weighted by Crippen LogP contribution is -2.52. The number of hydrogen-bond donors (Lipinski definition) is 0. The minimum atomic E-state index is -4.85. The average Bonchev–Trinajstić information content (AvgIpc) is 2.56. The molecule has 1 aromatic carbocycles. The zero-order valence-corrected chi connectivity index (χ0v) is 13.4. The van der Waals surface area contributed by atoms with Crippen molar-refractivity contribution in [2.75, 3.05) is 39.3 Å². The van der Waals surface area contributed by atoms with Gasteiger partial charge < -0.3 is 9.64 Å². The molecule has 1 aliphatic heterocycles. The zero-order chi connectivity index (χ0) is 18.4. The van der Waals surface area contributed by atoms with E-state index in [0.29, 0.717) is 12.1 Å². The van der Waals surface area contributed by atoms with E-state index in [1.54, 1.807) is 0 Å². The van der Waals surface area contributed by atoms with Crippen molar-refractivity contribution in [3.8, 4) is 0 Å². The topological polar surface area (TPSA) is 49.9 Å². The highest BCUT2D eigenvalue weighted by Crippen LogP contribution is 2.19. The Morgan fingerprint density at radius 3 is 2.20 bits per heavy atom. The number of amides is 1. The van der Waals surface area contributed by atoms with Gasteiger partial charge in [0.25, 0.3) is 0 Å². The Hall–Kier alpha value is -2.16. The van der Waals surface area contributed by atoms with Crippen LogP contribution in [0.1, 0.15) is 5.56 Å². The van der Waals surface area contributed by atoms with Crippen LogP contribution in [0.5, 0.6) is 0 Å². The van der Waals surface area contributed by atoms with E-state index >= 15 is 0 Å². The van der Waals surface area contributed by atoms with Crippen LogP contribution < -0.4 is 0 Å². The second-order valence-electron chi connectivity index (χ2n) is 5.66. The normalized spacial score (nSPS) is 15.9. The minimum Gasteiger partial charge on any atom is -0.464 e. The van der Waals surface area contributed by atoms with Crippen molar-refractivity contribution in [1.82, 2.24) is 9.80 Å². The van der Waals surface area contributed by atoms with Crippen LogP contribution in [0.25, 0.3) is 0 Å². The van der Waals surface area contributed by atoms with Crippen LogP contribution >= 0.6 is 0 Å². The van der Waals surface area contributed by atoms with Gasteiger partial charge in [-0.3, -0.25) is 14.5 Å². The Kier molecular flexibility index (Phi) is 6.35. The second-order valence-corrected chi connectivity index (χ2v) is 5.66. The van der Waals surface area contributed by atoms with Crippen LogP contribution in [-0.2, 0) is 20.7 Å². The first-order valence-electron chi connectivity index (χ1n) is 7.74. The van der Waals surface area contributed by atoms with Gasteiger partial charge in [-0.05, 0) is 17.7 Å². The maximum Gasteiger partial charge on any atom is 0.471 e. The molecule has 1 aromatic rings. The third-order valence-corrected chi connectivity index (χ3v) is 3.83. The van der Waals surface area contributed by atoms with Gasteiger partial charge in [-0.25, -0.2) is 4.39 Å². The van der Waals surface area contributed by atoms with E-state index in [1.807, 2.05) is 4.90 Å². The van der Waals surface area contributed by atoms with Gasteiger partial charge in [-0.1, -0.05) is 12.1 Å². The molecule has 0 bridgehead atoms. The summed E-state index contributed by atoms with van der Waals surface area (Å²) < 4.78 is 54.9. The number of alkyl halides is 3. The first kappa shape index (κ1) is 19.2. The molecule has 1 heterocycles. The molecule has 0 aromatic heterocycles. The molecule has 2 rings (SSSR count). The Bertz CT molecular complexity index is 596. The van der Waals surface area contributed by atoms with Gasteiger partial charge in [-0.15, -0.1) is 0 Å². The van der Waals surface area contributed by atoms with E-state index in [0.717, 1.165) is 4.90 Å². The molecule has 0 saturated carbocycles. The first-order chi connectivity index (χ1) is 11.8. The summed E-state index contributed by atoms with van der Waals surface area (Å²) in [6, 6.07) is 5.50. The predicted octanol–water partition coefficient (Wildman–Crippen LogP) is 1.62. The molecule has 0 spiro atoms. The van der Waals surface area contributed by atoms with Gasteiger partial charge in [-0.2, -0.15) is 13.2 Å². The summed E-state index contributed by atoms with van der Waals surface area (Å²) in [4.78, 5) is 25.4. The van der Waals surface area contributed by atoms with Crippen LogP contribution in [0.3, 0.4) is 0 Å². The summed E-state index contributed by atoms with van der Waals surface area (Å²) in [5, 5.41) is 0. The van der Waals surface area contributed by atoms with Gasteiger partial charge >= 0.3 is 18.1 Å². The maximum absolute atomic E-state index is 12.8. The number of carbonyl (C=O) groups is 2. The number of piperazine rings is 1. The number of rotatable bonds is 5. The monoisotopic (exact) mass is 362 g/mol. The van der Waals surface area contributed by atoms with E-state index in [1.165, 1.54) is 24.3 Å². The molecule has 0 aliphatic carbocycles. The van der Waals surface area contributed by atoms with E-state index < -0.39 is 18.1 Å². The highest BCUT2D eigenvalue weighted by molar-refractivity contribution is 5.81. The number of carbonyl (C=O) groups excluding carboxylic acids is 2. The molecule has 1 amide bonds. The molecule has 0 N–H and O–H groups in total. The van der Waals surface area contributed by atoms with Crippen LogP contribution in [0.4, 0.5) is 17.6 Å². The zero-order valence-electron chi connectivity index (χ0n) is 13.4. The molecule has 1 fully saturated rings. The number of halogens is 4. The van der Waals surface area contributed by atoms with Crippen molar-refractivity contribution in [3.63, 3.8) is 0 Å². The lowest BCUT2D eigenvalue weighted by Gasteiger charge is -2.34. The first-order valence-corrected chi connectivity index (χ1v) is 7.74. The SMILES string of the molecule is O=C(Cc1ccc(F)cc1)OCCN1CCN(C(=O)C(F)(F)F)CC1. The standard InChI is InChI=1S/C16H18F4N2O3/c17-13-3-1-12(2-4-13)11-14(23)25-10-9-21-5-7-22(8-6-21)15(24)16(18,19)20/h1-4H,5-11H2. The average molecular weight is 362 g/mol. The number of ether oxygens (including phenoxy) is 1. The molecule has 1 aliphatic rings. The van der Waals surface area contributed by atoms with Crippen molar-refractivity contribution >= 4 is 11.9 Å². The number of esters is 1. The smallest absolute Gasteiger partial charge is 0.464 e. The molecule has 0 radical (unpaired) electrons. The van der Waals surface area contributed by atoms with E-state index in [2.05, 4.69) is 0 Å². The van der Waals surface area contributed by atoms with Gasteiger partial charge in [0.05, 0.1) is 6.42 Å². The Balaban J connectivity index is 1.65. The lowest BCUT2D eigenvalue weighted by atomic mass is 10.1. The quantitative estimate of drug-likeness (QED) is 0.590. The summed E-state index contributed by atoms with van der Waals surface area (Å²) in [7, 11) is 0. The van der Waals surface area contributed by atoms with Crippen molar-refractivity contribution < 1.29 is 31.9 Å². The molecule has 1 saturated heterocycles. The van der Waals surface area contributed by atoms with Crippen LogP contribution in [0.2, 0.25) is 0 Å².